The molecule has 148 valence electrons. The van der Waals surface area contributed by atoms with E-state index in [1.807, 2.05) is 67.6 Å². The molecule has 0 radical (unpaired) electrons. The van der Waals surface area contributed by atoms with Gasteiger partial charge in [0.05, 0.1) is 18.1 Å². The van der Waals surface area contributed by atoms with Gasteiger partial charge >= 0.3 is 5.97 Å². The summed E-state index contributed by atoms with van der Waals surface area (Å²) >= 11 is 0. The fourth-order valence-electron chi connectivity index (χ4n) is 3.12. The van der Waals surface area contributed by atoms with Crippen LogP contribution in [0.15, 0.2) is 84.9 Å². The molecule has 3 rings (SSSR count). The number of benzene rings is 3. The molecule has 0 saturated carbocycles. The van der Waals surface area contributed by atoms with E-state index in [1.54, 1.807) is 24.3 Å². The van der Waals surface area contributed by atoms with Gasteiger partial charge in [-0.2, -0.15) is 0 Å². The third-order valence-corrected chi connectivity index (χ3v) is 4.62. The van der Waals surface area contributed by atoms with E-state index >= 15 is 0 Å². The second-order valence-electron chi connectivity index (χ2n) is 6.81. The lowest BCUT2D eigenvalue weighted by molar-refractivity contribution is -0.116. The molecule has 0 atom stereocenters. The zero-order valence-corrected chi connectivity index (χ0v) is 16.5. The number of ether oxygens (including phenoxy) is 1. The first-order valence-corrected chi connectivity index (χ1v) is 9.87. The second kappa shape index (κ2) is 10.2. The lowest BCUT2D eigenvalue weighted by Crippen LogP contribution is -2.22. The maximum atomic E-state index is 13.2. The monoisotopic (exact) mass is 387 g/mol. The summed E-state index contributed by atoms with van der Waals surface area (Å²) in [6.45, 7) is 2.44. The molecule has 0 aliphatic carbocycles. The van der Waals surface area contributed by atoms with E-state index in [2.05, 4.69) is 5.32 Å². The molecule has 0 fully saturated rings. The third-order valence-electron chi connectivity index (χ3n) is 4.62. The van der Waals surface area contributed by atoms with E-state index in [0.29, 0.717) is 17.9 Å². The lowest BCUT2D eigenvalue weighted by atomic mass is 9.90. The molecule has 3 aromatic carbocycles. The SMILES string of the molecule is CCCCOC(=O)c1cccc(NC(=O)C(c2ccccc2)c2ccccc2)c1. The van der Waals surface area contributed by atoms with Crippen LogP contribution in [0.2, 0.25) is 0 Å². The number of amides is 1. The van der Waals surface area contributed by atoms with Gasteiger partial charge in [0.15, 0.2) is 0 Å². The first-order chi connectivity index (χ1) is 14.2. The molecule has 4 nitrogen and oxygen atoms in total. The van der Waals surface area contributed by atoms with Crippen LogP contribution < -0.4 is 5.32 Å². The molecule has 29 heavy (non-hydrogen) atoms. The van der Waals surface area contributed by atoms with Crippen LogP contribution in [0.4, 0.5) is 5.69 Å². The summed E-state index contributed by atoms with van der Waals surface area (Å²) in [5.41, 5.74) is 2.81. The molecule has 0 heterocycles. The Morgan fingerprint density at radius 3 is 2.07 bits per heavy atom. The van der Waals surface area contributed by atoms with Crippen molar-refractivity contribution < 1.29 is 14.3 Å². The Kier molecular flexibility index (Phi) is 7.17. The fourth-order valence-corrected chi connectivity index (χ4v) is 3.12. The van der Waals surface area contributed by atoms with Crippen molar-refractivity contribution in [3.05, 3.63) is 102 Å². The van der Waals surface area contributed by atoms with Gasteiger partial charge in [-0.25, -0.2) is 4.79 Å². The summed E-state index contributed by atoms with van der Waals surface area (Å²) in [5, 5.41) is 2.95. The Bertz CT molecular complexity index is 899. The van der Waals surface area contributed by atoms with Gasteiger partial charge in [-0.05, 0) is 35.7 Å². The maximum Gasteiger partial charge on any atom is 0.338 e. The highest BCUT2D eigenvalue weighted by Gasteiger charge is 2.23. The minimum Gasteiger partial charge on any atom is -0.462 e. The van der Waals surface area contributed by atoms with E-state index in [-0.39, 0.29) is 11.9 Å². The molecule has 0 saturated heterocycles. The van der Waals surface area contributed by atoms with Crippen LogP contribution >= 0.6 is 0 Å². The van der Waals surface area contributed by atoms with E-state index in [0.717, 1.165) is 24.0 Å². The van der Waals surface area contributed by atoms with Crippen molar-refractivity contribution in [2.45, 2.75) is 25.7 Å². The van der Waals surface area contributed by atoms with Crippen molar-refractivity contribution >= 4 is 17.6 Å². The van der Waals surface area contributed by atoms with Crippen LogP contribution in [0.25, 0.3) is 0 Å². The summed E-state index contributed by atoms with van der Waals surface area (Å²) in [4.78, 5) is 25.4. The highest BCUT2D eigenvalue weighted by molar-refractivity contribution is 5.99. The van der Waals surface area contributed by atoms with Gasteiger partial charge in [-0.1, -0.05) is 80.1 Å². The normalized spacial score (nSPS) is 10.6. The molecular weight excluding hydrogens is 362 g/mol. The van der Waals surface area contributed by atoms with Crippen LogP contribution in [-0.2, 0) is 9.53 Å². The molecule has 4 heteroatoms. The minimum absolute atomic E-state index is 0.154. The molecular formula is C25H25NO3. The third kappa shape index (κ3) is 5.55. The quantitative estimate of drug-likeness (QED) is 0.415. The first kappa shape index (κ1) is 20.3. The Balaban J connectivity index is 1.80. The molecule has 3 aromatic rings. The van der Waals surface area contributed by atoms with Crippen LogP contribution in [0.5, 0.6) is 0 Å². The van der Waals surface area contributed by atoms with Crippen molar-refractivity contribution in [1.82, 2.24) is 0 Å². The van der Waals surface area contributed by atoms with Crippen LogP contribution in [0.1, 0.15) is 47.2 Å². The van der Waals surface area contributed by atoms with Crippen LogP contribution in [0.3, 0.4) is 0 Å². The fraction of sp³-hybridized carbons (Fsp3) is 0.200. The zero-order valence-electron chi connectivity index (χ0n) is 16.5. The smallest absolute Gasteiger partial charge is 0.338 e. The summed E-state index contributed by atoms with van der Waals surface area (Å²) in [6, 6.07) is 26.2. The number of hydrogen-bond donors (Lipinski definition) is 1. The summed E-state index contributed by atoms with van der Waals surface area (Å²) < 4.78 is 5.26. The molecule has 0 aliphatic rings. The van der Waals surface area contributed by atoms with Gasteiger partial charge in [0.2, 0.25) is 5.91 Å². The largest absolute Gasteiger partial charge is 0.462 e. The molecule has 0 bridgehead atoms. The average Bonchev–Trinajstić information content (AvgIpc) is 2.76. The van der Waals surface area contributed by atoms with E-state index < -0.39 is 5.92 Å². The molecule has 1 amide bonds. The lowest BCUT2D eigenvalue weighted by Gasteiger charge is -2.18. The molecule has 0 aromatic heterocycles. The van der Waals surface area contributed by atoms with Crippen molar-refractivity contribution in [2.24, 2.45) is 0 Å². The van der Waals surface area contributed by atoms with E-state index in [9.17, 15) is 9.59 Å². The predicted octanol–water partition coefficient (Wildman–Crippen LogP) is 5.41. The molecule has 0 unspecified atom stereocenters. The van der Waals surface area contributed by atoms with E-state index in [1.165, 1.54) is 0 Å². The summed E-state index contributed by atoms with van der Waals surface area (Å²) in [7, 11) is 0. The maximum absolute atomic E-state index is 13.2. The van der Waals surface area contributed by atoms with Gasteiger partial charge in [-0.15, -0.1) is 0 Å². The summed E-state index contributed by atoms with van der Waals surface area (Å²) in [5.74, 6) is -0.978. The number of carbonyl (C=O) groups is 2. The topological polar surface area (TPSA) is 55.4 Å². The number of anilines is 1. The number of hydrogen-bond acceptors (Lipinski definition) is 3. The number of rotatable bonds is 8. The number of nitrogens with one attached hydrogen (secondary N) is 1. The van der Waals surface area contributed by atoms with Crippen molar-refractivity contribution in [3.63, 3.8) is 0 Å². The zero-order chi connectivity index (χ0) is 20.5. The Morgan fingerprint density at radius 1 is 0.862 bits per heavy atom. The second-order valence-corrected chi connectivity index (χ2v) is 6.81. The first-order valence-electron chi connectivity index (χ1n) is 9.87. The number of esters is 1. The van der Waals surface area contributed by atoms with Crippen molar-refractivity contribution in [1.29, 1.82) is 0 Å². The van der Waals surface area contributed by atoms with Crippen molar-refractivity contribution in [3.8, 4) is 0 Å². The number of carbonyl (C=O) groups excluding carboxylic acids is 2. The standard InChI is InChI=1S/C25H25NO3/c1-2-3-17-29-25(28)21-15-10-16-22(18-21)26-24(27)23(19-11-6-4-7-12-19)20-13-8-5-9-14-20/h4-16,18,23H,2-3,17H2,1H3,(H,26,27). The van der Waals surface area contributed by atoms with E-state index in [4.69, 9.17) is 4.74 Å². The van der Waals surface area contributed by atoms with Gasteiger partial charge in [-0.3, -0.25) is 4.79 Å². The molecule has 1 N–H and O–H groups in total. The van der Waals surface area contributed by atoms with Gasteiger partial charge in [0, 0.05) is 5.69 Å². The summed E-state index contributed by atoms with van der Waals surface area (Å²) in [6.07, 6.45) is 1.79. The average molecular weight is 387 g/mol. The highest BCUT2D eigenvalue weighted by Crippen LogP contribution is 2.26. The Morgan fingerprint density at radius 2 is 1.48 bits per heavy atom. The molecule has 0 aliphatic heterocycles. The van der Waals surface area contributed by atoms with Gasteiger partial charge < -0.3 is 10.1 Å². The highest BCUT2D eigenvalue weighted by atomic mass is 16.5. The van der Waals surface area contributed by atoms with Crippen LogP contribution in [-0.4, -0.2) is 18.5 Å². The van der Waals surface area contributed by atoms with Gasteiger partial charge in [0.25, 0.3) is 0 Å². The van der Waals surface area contributed by atoms with Crippen molar-refractivity contribution in [2.75, 3.05) is 11.9 Å². The van der Waals surface area contributed by atoms with Crippen LogP contribution in [0, 0.1) is 0 Å². The van der Waals surface area contributed by atoms with Gasteiger partial charge in [0.1, 0.15) is 0 Å². The predicted molar refractivity (Wildman–Crippen MR) is 115 cm³/mol. The molecule has 0 spiro atoms. The minimum atomic E-state index is -0.447. The Labute approximate surface area is 171 Å². The number of unbranched alkanes of at least 4 members (excludes halogenated alkanes) is 1. The Hall–Kier alpha value is -3.40.